The van der Waals surface area contributed by atoms with Crippen LogP contribution in [0.5, 0.6) is 17.2 Å². The highest BCUT2D eigenvalue weighted by Crippen LogP contribution is 2.40. The second-order valence-corrected chi connectivity index (χ2v) is 10.8. The maximum atomic E-state index is 13.7. The van der Waals surface area contributed by atoms with Gasteiger partial charge >= 0.3 is 0 Å². The van der Waals surface area contributed by atoms with E-state index in [1.165, 1.54) is 33.5 Å². The topological polar surface area (TPSA) is 121 Å². The molecule has 13 heteroatoms. The van der Waals surface area contributed by atoms with Gasteiger partial charge in [-0.05, 0) is 36.2 Å². The number of halogens is 2. The first-order valence-electron chi connectivity index (χ1n) is 11.2. The minimum atomic E-state index is -3.97. The molecule has 0 aliphatic carbocycles. The lowest BCUT2D eigenvalue weighted by Crippen LogP contribution is -2.46. The highest BCUT2D eigenvalue weighted by atomic mass is 35.5. The number of methoxy groups -OCH3 is 3. The van der Waals surface area contributed by atoms with Gasteiger partial charge < -0.3 is 29.0 Å². The number of carbonyl (C=O) groups is 1. The Morgan fingerprint density at radius 2 is 1.76 bits per heavy atom. The number of rotatable bonds is 9. The number of ether oxygens (including phenoxy) is 4. The molecule has 2 unspecified atom stereocenters. The number of amides is 1. The summed E-state index contributed by atoms with van der Waals surface area (Å²) in [5.41, 5.74) is -0.611. The summed E-state index contributed by atoms with van der Waals surface area (Å²) in [6, 6.07) is 7.85. The van der Waals surface area contributed by atoms with Gasteiger partial charge in [-0.2, -0.15) is 8.42 Å². The number of nitrogens with zero attached hydrogens (tertiary/aromatic N) is 1. The predicted molar refractivity (Wildman–Crippen MR) is 137 cm³/mol. The van der Waals surface area contributed by atoms with Crippen LogP contribution < -0.4 is 14.2 Å². The molecular weight excluding hydrogens is 549 g/mol. The van der Waals surface area contributed by atoms with Crippen LogP contribution in [0.15, 0.2) is 30.3 Å². The van der Waals surface area contributed by atoms with Crippen molar-refractivity contribution in [2.24, 2.45) is 0 Å². The van der Waals surface area contributed by atoms with Crippen LogP contribution in [0.4, 0.5) is 0 Å². The van der Waals surface area contributed by atoms with Crippen LogP contribution in [-0.2, 0) is 24.6 Å². The first-order valence-corrected chi connectivity index (χ1v) is 13.8. The third-order valence-electron chi connectivity index (χ3n) is 5.83. The second kappa shape index (κ2) is 12.1. The van der Waals surface area contributed by atoms with Crippen LogP contribution in [0, 0.1) is 0 Å². The van der Waals surface area contributed by atoms with Crippen molar-refractivity contribution in [2.45, 2.75) is 24.7 Å². The van der Waals surface area contributed by atoms with E-state index in [0.717, 1.165) is 6.26 Å². The molecule has 0 bridgehead atoms. The van der Waals surface area contributed by atoms with Gasteiger partial charge in [-0.15, -0.1) is 0 Å². The summed E-state index contributed by atoms with van der Waals surface area (Å²) in [6.07, 6.45) is -0.754. The lowest BCUT2D eigenvalue weighted by molar-refractivity contribution is -0.120. The Hall–Kier alpha value is -2.28. The van der Waals surface area contributed by atoms with E-state index in [-0.39, 0.29) is 36.1 Å². The molecule has 3 rings (SSSR count). The molecule has 0 radical (unpaired) electrons. The Labute approximate surface area is 226 Å². The van der Waals surface area contributed by atoms with Crippen molar-refractivity contribution in [1.29, 1.82) is 0 Å². The summed E-state index contributed by atoms with van der Waals surface area (Å²) in [5.74, 6) is 0.590. The number of benzene rings is 2. The molecule has 10 nitrogen and oxygen atoms in total. The Morgan fingerprint density at radius 1 is 1.11 bits per heavy atom. The van der Waals surface area contributed by atoms with Crippen LogP contribution in [0.1, 0.15) is 28.8 Å². The minimum absolute atomic E-state index is 0.0510. The highest BCUT2D eigenvalue weighted by molar-refractivity contribution is 7.86. The summed E-state index contributed by atoms with van der Waals surface area (Å²) < 4.78 is 50.4. The van der Waals surface area contributed by atoms with E-state index in [2.05, 4.69) is 0 Å². The van der Waals surface area contributed by atoms with Crippen LogP contribution in [0.3, 0.4) is 0 Å². The molecule has 1 aliphatic heterocycles. The third-order valence-corrected chi connectivity index (χ3v) is 7.14. The summed E-state index contributed by atoms with van der Waals surface area (Å²) >= 11 is 12.4. The lowest BCUT2D eigenvalue weighted by Gasteiger charge is -2.37. The Morgan fingerprint density at radius 3 is 2.30 bits per heavy atom. The van der Waals surface area contributed by atoms with Gasteiger partial charge in [0.1, 0.15) is 5.60 Å². The average Bonchev–Trinajstić information content (AvgIpc) is 3.06. The molecule has 1 fully saturated rings. The molecule has 1 aliphatic rings. The van der Waals surface area contributed by atoms with Gasteiger partial charge in [0.2, 0.25) is 5.75 Å². The molecule has 0 aromatic heterocycles. The monoisotopic (exact) mass is 577 g/mol. The van der Waals surface area contributed by atoms with E-state index < -0.39 is 22.0 Å². The maximum Gasteiger partial charge on any atom is 0.266 e. The van der Waals surface area contributed by atoms with Crippen molar-refractivity contribution < 1.29 is 41.4 Å². The van der Waals surface area contributed by atoms with E-state index in [1.54, 1.807) is 23.1 Å². The minimum Gasteiger partial charge on any atom is -0.493 e. The van der Waals surface area contributed by atoms with Gasteiger partial charge in [0, 0.05) is 25.1 Å². The lowest BCUT2D eigenvalue weighted by atomic mass is 9.89. The number of carbonyl (C=O) groups excluding carboxylic acids is 1. The molecule has 1 saturated heterocycles. The Bertz CT molecular complexity index is 1220. The molecular formula is C24H29Cl2NO9S. The highest BCUT2D eigenvalue weighted by Gasteiger charge is 2.42. The van der Waals surface area contributed by atoms with Crippen LogP contribution in [-0.4, -0.2) is 77.9 Å². The Balaban J connectivity index is 2.05. The summed E-state index contributed by atoms with van der Waals surface area (Å²) in [5, 5.41) is 11.1. The first kappa shape index (κ1) is 29.3. The van der Waals surface area contributed by atoms with E-state index >= 15 is 0 Å². The van der Waals surface area contributed by atoms with Crippen molar-refractivity contribution >= 4 is 39.2 Å². The number of aliphatic hydroxyl groups is 1. The molecule has 204 valence electrons. The van der Waals surface area contributed by atoms with Crippen molar-refractivity contribution in [1.82, 2.24) is 4.90 Å². The molecule has 1 N–H and O–H groups in total. The molecule has 2 atom stereocenters. The van der Waals surface area contributed by atoms with Crippen molar-refractivity contribution in [2.75, 3.05) is 47.3 Å². The summed E-state index contributed by atoms with van der Waals surface area (Å²) in [6.45, 7) is 0.483. The fourth-order valence-electron chi connectivity index (χ4n) is 4.23. The smallest absolute Gasteiger partial charge is 0.266 e. The molecule has 1 amide bonds. The zero-order valence-corrected chi connectivity index (χ0v) is 23.2. The zero-order valence-electron chi connectivity index (χ0n) is 20.8. The SMILES string of the molecule is COc1cc(C(=O)N2CCCOC(CC(O)OS(C)(=O)=O)(c3ccc(Cl)c(Cl)c3)C2)cc(OC)c1OC. The number of hydrogen-bond acceptors (Lipinski definition) is 9. The molecule has 1 heterocycles. The summed E-state index contributed by atoms with van der Waals surface area (Å²) in [4.78, 5) is 15.3. The summed E-state index contributed by atoms with van der Waals surface area (Å²) in [7, 11) is 0.383. The molecule has 37 heavy (non-hydrogen) atoms. The third kappa shape index (κ3) is 6.98. The van der Waals surface area contributed by atoms with Gasteiger partial charge in [0.05, 0.1) is 44.2 Å². The van der Waals surface area contributed by atoms with E-state index in [4.69, 9.17) is 46.3 Å². The molecule has 0 saturated carbocycles. The van der Waals surface area contributed by atoms with Crippen molar-refractivity contribution in [3.05, 3.63) is 51.5 Å². The normalized spacial score (nSPS) is 19.2. The largest absolute Gasteiger partial charge is 0.493 e. The second-order valence-electron chi connectivity index (χ2n) is 8.43. The molecule has 2 aromatic carbocycles. The van der Waals surface area contributed by atoms with Crippen LogP contribution in [0.2, 0.25) is 10.0 Å². The fourth-order valence-corrected chi connectivity index (χ4v) is 5.00. The van der Waals surface area contributed by atoms with Gasteiger partial charge in [-0.25, -0.2) is 4.18 Å². The molecule has 0 spiro atoms. The van der Waals surface area contributed by atoms with Crippen LogP contribution >= 0.6 is 23.2 Å². The fraction of sp³-hybridized carbons (Fsp3) is 0.458. The molecule has 2 aromatic rings. The number of aliphatic hydroxyl groups excluding tert-OH is 1. The van der Waals surface area contributed by atoms with Crippen molar-refractivity contribution in [3.63, 3.8) is 0 Å². The van der Waals surface area contributed by atoms with Gasteiger partial charge in [-0.3, -0.25) is 4.79 Å². The van der Waals surface area contributed by atoms with Gasteiger partial charge in [0.15, 0.2) is 17.8 Å². The van der Waals surface area contributed by atoms with Gasteiger partial charge in [-0.1, -0.05) is 29.3 Å². The number of hydrogen-bond donors (Lipinski definition) is 1. The zero-order chi connectivity index (χ0) is 27.4. The van der Waals surface area contributed by atoms with E-state index in [0.29, 0.717) is 40.8 Å². The van der Waals surface area contributed by atoms with Crippen molar-refractivity contribution in [3.8, 4) is 17.2 Å². The van der Waals surface area contributed by atoms with E-state index in [9.17, 15) is 18.3 Å². The maximum absolute atomic E-state index is 13.7. The first-order chi connectivity index (χ1) is 17.4. The van der Waals surface area contributed by atoms with Crippen LogP contribution in [0.25, 0.3) is 0 Å². The predicted octanol–water partition coefficient (Wildman–Crippen LogP) is 3.46. The standard InChI is InChI=1S/C24H29Cl2NO9S/c1-32-19-10-15(11-20(33-2)22(19)34-3)23(29)27-8-5-9-35-24(14-27,13-21(28)36-37(4,30)31)16-6-7-17(25)18(26)12-16/h6-7,10-12,21,28H,5,8-9,13-14H2,1-4H3. The average molecular weight is 578 g/mol. The van der Waals surface area contributed by atoms with Gasteiger partial charge in [0.25, 0.3) is 16.0 Å². The quantitative estimate of drug-likeness (QED) is 0.352. The Kier molecular flexibility index (Phi) is 9.54. The van der Waals surface area contributed by atoms with E-state index in [1.807, 2.05) is 0 Å².